The first-order valence-electron chi connectivity index (χ1n) is 3.71. The zero-order chi connectivity index (χ0) is 9.84. The van der Waals surface area contributed by atoms with Crippen LogP contribution >= 0.6 is 0 Å². The van der Waals surface area contributed by atoms with Crippen molar-refractivity contribution in [3.05, 3.63) is 12.3 Å². The van der Waals surface area contributed by atoms with E-state index in [9.17, 15) is 9.59 Å². The minimum atomic E-state index is -1.08. The predicted octanol–water partition coefficient (Wildman–Crippen LogP) is -1.10. The third kappa shape index (κ3) is 2.45. The van der Waals surface area contributed by atoms with Gasteiger partial charge >= 0.3 is 11.9 Å². The molecule has 6 nitrogen and oxygen atoms in total. The molecule has 0 bridgehead atoms. The van der Waals surface area contributed by atoms with E-state index in [0.717, 1.165) is 0 Å². The summed E-state index contributed by atoms with van der Waals surface area (Å²) in [6, 6.07) is 0. The summed E-state index contributed by atoms with van der Waals surface area (Å²) in [6.45, 7) is 0.119. The lowest BCUT2D eigenvalue weighted by molar-refractivity contribution is -0.146. The number of aliphatic carboxylic acids is 2. The molecule has 1 aliphatic heterocycles. The topological polar surface area (TPSA) is 89.9 Å². The smallest absolute Gasteiger partial charge is 0.341 e. The first kappa shape index (κ1) is 9.53. The summed E-state index contributed by atoms with van der Waals surface area (Å²) in [5.74, 6) is -2.13. The third-order valence-corrected chi connectivity index (χ3v) is 1.61. The van der Waals surface area contributed by atoms with Gasteiger partial charge in [-0.1, -0.05) is 6.08 Å². The maximum absolute atomic E-state index is 10.6. The minimum absolute atomic E-state index is 0.319. The number of nitrogens with one attached hydrogen (secondary N) is 1. The van der Waals surface area contributed by atoms with Gasteiger partial charge in [-0.25, -0.2) is 4.79 Å². The molecule has 0 aromatic carbocycles. The van der Waals surface area contributed by atoms with Crippen LogP contribution in [0.15, 0.2) is 12.3 Å². The maximum Gasteiger partial charge on any atom is 0.341 e. The van der Waals surface area contributed by atoms with Crippen LogP contribution in [0.3, 0.4) is 0 Å². The molecule has 0 fully saturated rings. The van der Waals surface area contributed by atoms with Crippen LogP contribution in [0.25, 0.3) is 0 Å². The Bertz CT molecular complexity index is 251. The van der Waals surface area contributed by atoms with Gasteiger partial charge in [0.25, 0.3) is 0 Å². The number of carboxylic acids is 2. The molecular weight excluding hydrogens is 176 g/mol. The van der Waals surface area contributed by atoms with E-state index in [-0.39, 0.29) is 6.54 Å². The van der Waals surface area contributed by atoms with Crippen LogP contribution in [0.4, 0.5) is 0 Å². The van der Waals surface area contributed by atoms with Gasteiger partial charge in [0.15, 0.2) is 6.17 Å². The molecule has 0 aromatic heterocycles. The van der Waals surface area contributed by atoms with Gasteiger partial charge in [-0.05, 0) is 6.20 Å². The fourth-order valence-corrected chi connectivity index (χ4v) is 1.10. The molecule has 0 aromatic rings. The second-order valence-corrected chi connectivity index (χ2v) is 2.60. The van der Waals surface area contributed by atoms with Crippen molar-refractivity contribution in [1.29, 1.82) is 0 Å². The monoisotopic (exact) mass is 186 g/mol. The minimum Gasteiger partial charge on any atom is -0.480 e. The molecule has 1 atom stereocenters. The first-order chi connectivity index (χ1) is 6.11. The first-order valence-corrected chi connectivity index (χ1v) is 3.71. The van der Waals surface area contributed by atoms with Gasteiger partial charge in [0.05, 0.1) is 0 Å². The number of carbonyl (C=O) groups is 2. The van der Waals surface area contributed by atoms with Gasteiger partial charge in [0, 0.05) is 6.54 Å². The predicted molar refractivity (Wildman–Crippen MR) is 42.9 cm³/mol. The van der Waals surface area contributed by atoms with Gasteiger partial charge in [0.1, 0.15) is 6.54 Å². The quantitative estimate of drug-likeness (QED) is 0.518. The van der Waals surface area contributed by atoms with E-state index in [4.69, 9.17) is 10.2 Å². The van der Waals surface area contributed by atoms with Crippen molar-refractivity contribution in [2.45, 2.75) is 6.17 Å². The number of rotatable bonds is 3. The second-order valence-electron chi connectivity index (χ2n) is 2.60. The average Bonchev–Trinajstić information content (AvgIpc) is 2.03. The molecule has 0 saturated carbocycles. The molecular formula is C7H10N2O4. The van der Waals surface area contributed by atoms with Crippen molar-refractivity contribution >= 4 is 11.9 Å². The summed E-state index contributed by atoms with van der Waals surface area (Å²) in [6.07, 6.45) is 2.20. The van der Waals surface area contributed by atoms with Gasteiger partial charge in [-0.2, -0.15) is 0 Å². The maximum atomic E-state index is 10.6. The average molecular weight is 186 g/mol. The summed E-state index contributed by atoms with van der Waals surface area (Å²) in [5.41, 5.74) is 0. The lowest BCUT2D eigenvalue weighted by Gasteiger charge is -2.29. The van der Waals surface area contributed by atoms with Crippen molar-refractivity contribution in [2.75, 3.05) is 13.1 Å². The van der Waals surface area contributed by atoms with Crippen LogP contribution in [0.5, 0.6) is 0 Å². The molecule has 3 N–H and O–H groups in total. The molecule has 6 heteroatoms. The van der Waals surface area contributed by atoms with Crippen LogP contribution in [-0.2, 0) is 9.59 Å². The van der Waals surface area contributed by atoms with E-state index in [0.29, 0.717) is 6.54 Å². The van der Waals surface area contributed by atoms with E-state index in [2.05, 4.69) is 5.32 Å². The zero-order valence-electron chi connectivity index (χ0n) is 6.80. The highest BCUT2D eigenvalue weighted by molar-refractivity contribution is 5.75. The molecule has 1 heterocycles. The van der Waals surface area contributed by atoms with Crippen LogP contribution in [0.2, 0.25) is 0 Å². The molecule has 1 unspecified atom stereocenters. The van der Waals surface area contributed by atoms with Crippen molar-refractivity contribution < 1.29 is 19.8 Å². The van der Waals surface area contributed by atoms with Gasteiger partial charge in [0.2, 0.25) is 0 Å². The molecule has 0 radical (unpaired) electrons. The van der Waals surface area contributed by atoms with Crippen molar-refractivity contribution in [1.82, 2.24) is 10.2 Å². The molecule has 1 aliphatic rings. The summed E-state index contributed by atoms with van der Waals surface area (Å²) in [4.78, 5) is 22.2. The summed E-state index contributed by atoms with van der Waals surface area (Å²) >= 11 is 0. The van der Waals surface area contributed by atoms with Crippen molar-refractivity contribution in [3.63, 3.8) is 0 Å². The summed E-state index contributed by atoms with van der Waals surface area (Å²) in [5, 5.41) is 19.8. The lowest BCUT2D eigenvalue weighted by Crippen LogP contribution is -2.52. The van der Waals surface area contributed by atoms with E-state index in [1.807, 2.05) is 0 Å². The normalized spacial score (nSPS) is 21.5. The van der Waals surface area contributed by atoms with Gasteiger partial charge in [-0.15, -0.1) is 0 Å². The van der Waals surface area contributed by atoms with E-state index in [1.165, 1.54) is 11.1 Å². The Labute approximate surface area is 74.5 Å². The Morgan fingerprint density at radius 2 is 2.23 bits per heavy atom. The fraction of sp³-hybridized carbons (Fsp3) is 0.429. The van der Waals surface area contributed by atoms with Crippen LogP contribution < -0.4 is 5.32 Å². The van der Waals surface area contributed by atoms with Crippen LogP contribution in [0.1, 0.15) is 0 Å². The largest absolute Gasteiger partial charge is 0.480 e. The molecule has 0 amide bonds. The molecule has 13 heavy (non-hydrogen) atoms. The number of hydrogen-bond donors (Lipinski definition) is 3. The summed E-state index contributed by atoms with van der Waals surface area (Å²) in [7, 11) is 0. The Balaban J connectivity index is 2.66. The third-order valence-electron chi connectivity index (χ3n) is 1.61. The van der Waals surface area contributed by atoms with Gasteiger partial charge in [-0.3, -0.25) is 10.1 Å². The SMILES string of the molecule is O=C(O)CN1C=CCNC1C(=O)O. The summed E-state index contributed by atoms with van der Waals surface area (Å²) < 4.78 is 0. The highest BCUT2D eigenvalue weighted by Gasteiger charge is 2.25. The van der Waals surface area contributed by atoms with Gasteiger partial charge < -0.3 is 15.1 Å². The highest BCUT2D eigenvalue weighted by Crippen LogP contribution is 2.02. The Hall–Kier alpha value is -1.56. The van der Waals surface area contributed by atoms with Crippen LogP contribution in [-0.4, -0.2) is 46.3 Å². The zero-order valence-corrected chi connectivity index (χ0v) is 6.80. The second kappa shape index (κ2) is 3.90. The standard InChI is InChI=1S/C7H10N2O4/c10-5(11)4-9-3-1-2-8-6(9)7(12)13/h1,3,6,8H,2,4H2,(H,10,11)(H,12,13). The van der Waals surface area contributed by atoms with E-state index >= 15 is 0 Å². The highest BCUT2D eigenvalue weighted by atomic mass is 16.4. The Kier molecular flexibility index (Phi) is 2.86. The van der Waals surface area contributed by atoms with Crippen molar-refractivity contribution in [3.8, 4) is 0 Å². The number of carboxylic acid groups (broad SMARTS) is 2. The number of nitrogens with zero attached hydrogens (tertiary/aromatic N) is 1. The van der Waals surface area contributed by atoms with Crippen LogP contribution in [0, 0.1) is 0 Å². The Morgan fingerprint density at radius 1 is 1.54 bits per heavy atom. The molecule has 72 valence electrons. The molecule has 0 saturated heterocycles. The molecule has 0 aliphatic carbocycles. The van der Waals surface area contributed by atoms with E-state index < -0.39 is 18.1 Å². The number of hydrogen-bond acceptors (Lipinski definition) is 4. The molecule has 0 spiro atoms. The Morgan fingerprint density at radius 3 is 2.77 bits per heavy atom. The van der Waals surface area contributed by atoms with Crippen molar-refractivity contribution in [2.24, 2.45) is 0 Å². The van der Waals surface area contributed by atoms with E-state index in [1.54, 1.807) is 6.08 Å². The fourth-order valence-electron chi connectivity index (χ4n) is 1.10. The lowest BCUT2D eigenvalue weighted by atomic mass is 10.3. The molecule has 1 rings (SSSR count).